The third-order valence-corrected chi connectivity index (χ3v) is 3.30. The van der Waals surface area contributed by atoms with Gasteiger partial charge in [0.2, 0.25) is 0 Å². The lowest BCUT2D eigenvalue weighted by Crippen LogP contribution is -1.90. The van der Waals surface area contributed by atoms with Crippen LogP contribution in [-0.2, 0) is 0 Å². The maximum atomic E-state index is 5.03. The Morgan fingerprint density at radius 1 is 1.54 bits per heavy atom. The molecule has 2 heterocycles. The maximum Gasteiger partial charge on any atom is 0.160 e. The molecule has 0 spiro atoms. The van der Waals surface area contributed by atoms with Gasteiger partial charge in [0.25, 0.3) is 0 Å². The fourth-order valence-corrected chi connectivity index (χ4v) is 2.32. The number of H-pyrrole nitrogens is 1. The number of hydrogen-bond donors (Lipinski definition) is 1. The standard InChI is InChI=1S/C8H7N3S2/c12-8-11-7-5(13-8)3-9-6(10-7)4-1-2-4/h3-4H,1-2H2,(H,9,10,11,12). The molecule has 1 saturated carbocycles. The van der Waals surface area contributed by atoms with Crippen LogP contribution >= 0.6 is 23.6 Å². The van der Waals surface area contributed by atoms with Crippen molar-refractivity contribution in [2.75, 3.05) is 0 Å². The highest BCUT2D eigenvalue weighted by Crippen LogP contribution is 2.38. The monoisotopic (exact) mass is 209 g/mol. The van der Waals surface area contributed by atoms with Gasteiger partial charge >= 0.3 is 0 Å². The first-order valence-corrected chi connectivity index (χ1v) is 5.41. The van der Waals surface area contributed by atoms with Crippen molar-refractivity contribution in [3.05, 3.63) is 16.0 Å². The Morgan fingerprint density at radius 2 is 2.38 bits per heavy atom. The normalized spacial score (nSPS) is 16.6. The van der Waals surface area contributed by atoms with E-state index in [1.165, 1.54) is 24.2 Å². The molecule has 0 aliphatic heterocycles. The molecule has 1 N–H and O–H groups in total. The SMILES string of the molecule is S=c1[nH]c2nc(C3CC3)ncc2s1. The zero-order valence-electron chi connectivity index (χ0n) is 6.78. The molecular formula is C8H7N3S2. The summed E-state index contributed by atoms with van der Waals surface area (Å²) in [6, 6.07) is 0. The van der Waals surface area contributed by atoms with Gasteiger partial charge in [0, 0.05) is 5.92 Å². The van der Waals surface area contributed by atoms with Crippen LogP contribution < -0.4 is 0 Å². The van der Waals surface area contributed by atoms with Gasteiger partial charge in [-0.15, -0.1) is 11.3 Å². The van der Waals surface area contributed by atoms with Gasteiger partial charge in [-0.3, -0.25) is 0 Å². The van der Waals surface area contributed by atoms with Crippen molar-refractivity contribution in [3.63, 3.8) is 0 Å². The number of aromatic nitrogens is 3. The average molecular weight is 209 g/mol. The number of rotatable bonds is 1. The second-order valence-corrected chi connectivity index (χ2v) is 4.95. The summed E-state index contributed by atoms with van der Waals surface area (Å²) < 4.78 is 1.83. The van der Waals surface area contributed by atoms with Crippen molar-refractivity contribution in [3.8, 4) is 0 Å². The van der Waals surface area contributed by atoms with Crippen LogP contribution in [0.25, 0.3) is 10.3 Å². The molecule has 5 heteroatoms. The Hall–Kier alpha value is -0.810. The topological polar surface area (TPSA) is 41.6 Å². The maximum absolute atomic E-state index is 5.03. The third kappa shape index (κ3) is 1.28. The lowest BCUT2D eigenvalue weighted by molar-refractivity contribution is 0.943. The van der Waals surface area contributed by atoms with Crippen LogP contribution in [0.3, 0.4) is 0 Å². The van der Waals surface area contributed by atoms with Crippen molar-refractivity contribution in [2.24, 2.45) is 0 Å². The molecule has 0 unspecified atom stereocenters. The Morgan fingerprint density at radius 3 is 3.15 bits per heavy atom. The Balaban J connectivity index is 2.25. The highest BCUT2D eigenvalue weighted by molar-refractivity contribution is 7.73. The van der Waals surface area contributed by atoms with E-state index in [4.69, 9.17) is 12.2 Å². The predicted molar refractivity (Wildman–Crippen MR) is 54.6 cm³/mol. The van der Waals surface area contributed by atoms with Gasteiger partial charge in [-0.25, -0.2) is 9.97 Å². The van der Waals surface area contributed by atoms with Crippen molar-refractivity contribution < 1.29 is 0 Å². The lowest BCUT2D eigenvalue weighted by atomic mass is 10.4. The molecule has 0 saturated heterocycles. The second kappa shape index (κ2) is 2.59. The summed E-state index contributed by atoms with van der Waals surface area (Å²) in [5.74, 6) is 1.57. The van der Waals surface area contributed by atoms with Gasteiger partial charge in [-0.2, -0.15) is 0 Å². The second-order valence-electron chi connectivity index (χ2n) is 3.23. The van der Waals surface area contributed by atoms with Crippen LogP contribution in [0.4, 0.5) is 0 Å². The first-order valence-electron chi connectivity index (χ1n) is 4.19. The summed E-state index contributed by atoms with van der Waals surface area (Å²) in [5.41, 5.74) is 0.895. The van der Waals surface area contributed by atoms with Crippen LogP contribution in [0.5, 0.6) is 0 Å². The predicted octanol–water partition coefficient (Wildman–Crippen LogP) is 2.63. The van der Waals surface area contributed by atoms with E-state index >= 15 is 0 Å². The molecule has 1 fully saturated rings. The summed E-state index contributed by atoms with van der Waals surface area (Å²) in [5, 5.41) is 0. The van der Waals surface area contributed by atoms with E-state index < -0.39 is 0 Å². The molecule has 13 heavy (non-hydrogen) atoms. The summed E-state index contributed by atoms with van der Waals surface area (Å²) in [7, 11) is 0. The largest absolute Gasteiger partial charge is 0.321 e. The number of thiazole rings is 1. The summed E-state index contributed by atoms with van der Waals surface area (Å²) >= 11 is 6.56. The van der Waals surface area contributed by atoms with E-state index in [-0.39, 0.29) is 0 Å². The number of nitrogens with one attached hydrogen (secondary N) is 1. The summed E-state index contributed by atoms with van der Waals surface area (Å²) in [6.45, 7) is 0. The number of aromatic amines is 1. The van der Waals surface area contributed by atoms with E-state index in [1.54, 1.807) is 0 Å². The fourth-order valence-electron chi connectivity index (χ4n) is 1.31. The zero-order valence-corrected chi connectivity index (χ0v) is 8.41. The molecule has 0 amide bonds. The lowest BCUT2D eigenvalue weighted by Gasteiger charge is -1.93. The molecule has 3 nitrogen and oxygen atoms in total. The number of fused-ring (bicyclic) bond motifs is 1. The Kier molecular flexibility index (Phi) is 1.51. The van der Waals surface area contributed by atoms with Crippen molar-refractivity contribution in [2.45, 2.75) is 18.8 Å². The van der Waals surface area contributed by atoms with Crippen LogP contribution in [-0.4, -0.2) is 15.0 Å². The number of nitrogens with zero attached hydrogens (tertiary/aromatic N) is 2. The van der Waals surface area contributed by atoms with E-state index in [0.717, 1.165) is 20.1 Å². The summed E-state index contributed by atoms with van der Waals surface area (Å²) in [4.78, 5) is 11.8. The first kappa shape index (κ1) is 7.58. The van der Waals surface area contributed by atoms with Gasteiger partial charge in [-0.1, -0.05) is 0 Å². The average Bonchev–Trinajstić information content (AvgIpc) is 2.87. The molecule has 2 aromatic rings. The van der Waals surface area contributed by atoms with E-state index in [9.17, 15) is 0 Å². The molecule has 2 aromatic heterocycles. The van der Waals surface area contributed by atoms with Gasteiger partial charge in [0.15, 0.2) is 9.60 Å². The highest BCUT2D eigenvalue weighted by atomic mass is 32.1. The minimum Gasteiger partial charge on any atom is -0.321 e. The Bertz CT molecular complexity index is 509. The molecule has 0 atom stereocenters. The van der Waals surface area contributed by atoms with Gasteiger partial charge in [0.05, 0.1) is 10.9 Å². The van der Waals surface area contributed by atoms with Gasteiger partial charge in [-0.05, 0) is 25.1 Å². The Labute approximate surface area is 83.9 Å². The van der Waals surface area contributed by atoms with Crippen LogP contribution in [0, 0.1) is 3.95 Å². The molecule has 0 bridgehead atoms. The van der Waals surface area contributed by atoms with E-state index in [2.05, 4.69) is 15.0 Å². The number of hydrogen-bond acceptors (Lipinski definition) is 4. The fraction of sp³-hybridized carbons (Fsp3) is 0.375. The molecule has 0 aromatic carbocycles. The molecule has 66 valence electrons. The molecule has 3 rings (SSSR count). The van der Waals surface area contributed by atoms with Gasteiger partial charge < -0.3 is 4.98 Å². The minimum absolute atomic E-state index is 0.603. The summed E-state index contributed by atoms with van der Waals surface area (Å²) in [6.07, 6.45) is 4.33. The molecule has 1 aliphatic carbocycles. The van der Waals surface area contributed by atoms with Crippen LogP contribution in [0.2, 0.25) is 0 Å². The molecule has 1 aliphatic rings. The van der Waals surface area contributed by atoms with Crippen LogP contribution in [0.15, 0.2) is 6.20 Å². The van der Waals surface area contributed by atoms with Crippen molar-refractivity contribution >= 4 is 33.9 Å². The first-order chi connectivity index (χ1) is 6.33. The van der Waals surface area contributed by atoms with Crippen LogP contribution in [0.1, 0.15) is 24.6 Å². The zero-order chi connectivity index (χ0) is 8.84. The minimum atomic E-state index is 0.603. The van der Waals surface area contributed by atoms with E-state index in [1.807, 2.05) is 6.20 Å². The molecular weight excluding hydrogens is 202 g/mol. The van der Waals surface area contributed by atoms with Crippen molar-refractivity contribution in [1.29, 1.82) is 0 Å². The van der Waals surface area contributed by atoms with Crippen molar-refractivity contribution in [1.82, 2.24) is 15.0 Å². The smallest absolute Gasteiger partial charge is 0.160 e. The highest BCUT2D eigenvalue weighted by Gasteiger charge is 2.26. The quantitative estimate of drug-likeness (QED) is 0.734. The molecule has 0 radical (unpaired) electrons. The van der Waals surface area contributed by atoms with E-state index in [0.29, 0.717) is 5.92 Å². The third-order valence-electron chi connectivity index (χ3n) is 2.14. The van der Waals surface area contributed by atoms with Gasteiger partial charge in [0.1, 0.15) is 5.82 Å².